The third-order valence-corrected chi connectivity index (χ3v) is 3.49. The fourth-order valence-corrected chi connectivity index (χ4v) is 2.43. The molecule has 2 N–H and O–H groups in total. The molecule has 0 saturated heterocycles. The zero-order valence-electron chi connectivity index (χ0n) is 10.9. The molecule has 102 valence electrons. The molecule has 0 bridgehead atoms. The van der Waals surface area contributed by atoms with Gasteiger partial charge in [0.05, 0.1) is 6.67 Å². The van der Waals surface area contributed by atoms with Gasteiger partial charge in [0.1, 0.15) is 11.6 Å². The first-order valence-electron chi connectivity index (χ1n) is 6.54. The molecule has 3 rings (SSSR count). The number of hydrogen-bond acceptors (Lipinski definition) is 3. The third kappa shape index (κ3) is 2.56. The predicted molar refractivity (Wildman–Crippen MR) is 76.4 cm³/mol. The molecule has 0 aliphatic carbocycles. The minimum atomic E-state index is -0.250. The SMILES string of the molecule is Oc1ccccc1[C@H]1CC(c2ccc(F)cc2)=NCN1. The average Bonchev–Trinajstić information content (AvgIpc) is 2.49. The highest BCUT2D eigenvalue weighted by molar-refractivity contribution is 6.01. The highest BCUT2D eigenvalue weighted by Gasteiger charge is 2.21. The minimum absolute atomic E-state index is 0.0220. The van der Waals surface area contributed by atoms with Gasteiger partial charge < -0.3 is 5.11 Å². The summed E-state index contributed by atoms with van der Waals surface area (Å²) in [7, 11) is 0. The van der Waals surface area contributed by atoms with Crippen LogP contribution in [0.15, 0.2) is 53.5 Å². The molecule has 3 nitrogen and oxygen atoms in total. The number of rotatable bonds is 2. The van der Waals surface area contributed by atoms with Crippen LogP contribution < -0.4 is 5.32 Å². The molecule has 0 spiro atoms. The first kappa shape index (κ1) is 12.8. The Morgan fingerprint density at radius 1 is 1.10 bits per heavy atom. The summed E-state index contributed by atoms with van der Waals surface area (Å²) >= 11 is 0. The Kier molecular flexibility index (Phi) is 3.48. The Morgan fingerprint density at radius 3 is 2.60 bits per heavy atom. The van der Waals surface area contributed by atoms with E-state index in [0.29, 0.717) is 13.1 Å². The van der Waals surface area contributed by atoms with E-state index in [0.717, 1.165) is 16.8 Å². The Morgan fingerprint density at radius 2 is 1.85 bits per heavy atom. The number of aliphatic imine (C=N–C) groups is 1. The third-order valence-electron chi connectivity index (χ3n) is 3.49. The molecule has 1 aliphatic heterocycles. The molecule has 2 aromatic rings. The molecular weight excluding hydrogens is 255 g/mol. The second kappa shape index (κ2) is 5.43. The van der Waals surface area contributed by atoms with Crippen LogP contribution in [0.25, 0.3) is 0 Å². The van der Waals surface area contributed by atoms with E-state index in [9.17, 15) is 9.50 Å². The van der Waals surface area contributed by atoms with E-state index in [4.69, 9.17) is 0 Å². The lowest BCUT2D eigenvalue weighted by atomic mass is 9.95. The lowest BCUT2D eigenvalue weighted by Gasteiger charge is -2.24. The number of phenols is 1. The zero-order chi connectivity index (χ0) is 13.9. The predicted octanol–water partition coefficient (Wildman–Crippen LogP) is 3.01. The largest absolute Gasteiger partial charge is 0.508 e. The number of aromatic hydroxyl groups is 1. The fourth-order valence-electron chi connectivity index (χ4n) is 2.43. The fraction of sp³-hybridized carbons (Fsp3) is 0.188. The van der Waals surface area contributed by atoms with Crippen molar-refractivity contribution in [3.8, 4) is 5.75 Å². The topological polar surface area (TPSA) is 44.6 Å². The van der Waals surface area contributed by atoms with Gasteiger partial charge in [0.2, 0.25) is 0 Å². The van der Waals surface area contributed by atoms with Crippen molar-refractivity contribution in [3.63, 3.8) is 0 Å². The number of phenolic OH excluding ortho intramolecular Hbond substituents is 1. The van der Waals surface area contributed by atoms with E-state index in [1.807, 2.05) is 12.1 Å². The van der Waals surface area contributed by atoms with Crippen LogP contribution in [0.2, 0.25) is 0 Å². The van der Waals surface area contributed by atoms with Crippen LogP contribution in [0.1, 0.15) is 23.6 Å². The number of benzene rings is 2. The molecule has 0 aromatic heterocycles. The van der Waals surface area contributed by atoms with E-state index in [1.165, 1.54) is 12.1 Å². The summed E-state index contributed by atoms with van der Waals surface area (Å²) in [6.45, 7) is 0.492. The molecule has 0 radical (unpaired) electrons. The van der Waals surface area contributed by atoms with Gasteiger partial charge in [-0.25, -0.2) is 4.39 Å². The minimum Gasteiger partial charge on any atom is -0.508 e. The zero-order valence-corrected chi connectivity index (χ0v) is 10.9. The summed E-state index contributed by atoms with van der Waals surface area (Å²) in [5.41, 5.74) is 2.72. The van der Waals surface area contributed by atoms with E-state index < -0.39 is 0 Å². The highest BCUT2D eigenvalue weighted by Crippen LogP contribution is 2.28. The molecule has 0 amide bonds. The van der Waals surface area contributed by atoms with Crippen molar-refractivity contribution in [3.05, 3.63) is 65.5 Å². The maximum atomic E-state index is 13.0. The van der Waals surface area contributed by atoms with Gasteiger partial charge >= 0.3 is 0 Å². The molecule has 1 atom stereocenters. The second-order valence-corrected chi connectivity index (χ2v) is 4.79. The van der Waals surface area contributed by atoms with Crippen molar-refractivity contribution < 1.29 is 9.50 Å². The van der Waals surface area contributed by atoms with Crippen molar-refractivity contribution in [2.75, 3.05) is 6.67 Å². The number of nitrogens with one attached hydrogen (secondary N) is 1. The lowest BCUT2D eigenvalue weighted by Crippen LogP contribution is -2.29. The number of nitrogens with zero attached hydrogens (tertiary/aromatic N) is 1. The van der Waals surface area contributed by atoms with E-state index >= 15 is 0 Å². The Hall–Kier alpha value is -2.20. The van der Waals surface area contributed by atoms with Crippen LogP contribution >= 0.6 is 0 Å². The van der Waals surface area contributed by atoms with E-state index in [2.05, 4.69) is 10.3 Å². The van der Waals surface area contributed by atoms with Crippen LogP contribution in [0.5, 0.6) is 5.75 Å². The molecule has 0 unspecified atom stereocenters. The Labute approximate surface area is 116 Å². The van der Waals surface area contributed by atoms with Crippen LogP contribution in [0.3, 0.4) is 0 Å². The van der Waals surface area contributed by atoms with Crippen LogP contribution in [-0.4, -0.2) is 17.5 Å². The molecule has 20 heavy (non-hydrogen) atoms. The molecular formula is C16H15FN2O. The molecule has 0 saturated carbocycles. The normalized spacial score (nSPS) is 18.6. The summed E-state index contributed by atoms with van der Waals surface area (Å²) in [4.78, 5) is 4.44. The van der Waals surface area contributed by atoms with Gasteiger partial charge in [-0.2, -0.15) is 0 Å². The van der Waals surface area contributed by atoms with Gasteiger partial charge in [-0.15, -0.1) is 0 Å². The van der Waals surface area contributed by atoms with Crippen molar-refractivity contribution in [2.24, 2.45) is 4.99 Å². The van der Waals surface area contributed by atoms with Gasteiger partial charge in [-0.3, -0.25) is 10.3 Å². The average molecular weight is 270 g/mol. The van der Waals surface area contributed by atoms with Crippen molar-refractivity contribution in [1.29, 1.82) is 0 Å². The van der Waals surface area contributed by atoms with Crippen LogP contribution in [-0.2, 0) is 0 Å². The smallest absolute Gasteiger partial charge is 0.123 e. The van der Waals surface area contributed by atoms with Crippen molar-refractivity contribution >= 4 is 5.71 Å². The first-order chi connectivity index (χ1) is 9.74. The number of para-hydroxylation sites is 1. The van der Waals surface area contributed by atoms with Crippen molar-refractivity contribution in [2.45, 2.75) is 12.5 Å². The number of halogens is 1. The standard InChI is InChI=1S/C16H15FN2O/c17-12-7-5-11(6-8-12)14-9-15(19-10-18-14)13-3-1-2-4-16(13)20/h1-8,15,19-20H,9-10H2/t15-/m1/s1. The van der Waals surface area contributed by atoms with Gasteiger partial charge in [0.25, 0.3) is 0 Å². The van der Waals surface area contributed by atoms with Gasteiger partial charge in [0.15, 0.2) is 0 Å². The molecule has 0 fully saturated rings. The summed E-state index contributed by atoms with van der Waals surface area (Å²) in [5, 5.41) is 13.2. The summed E-state index contributed by atoms with van der Waals surface area (Å²) in [6.07, 6.45) is 0.670. The number of hydrogen-bond donors (Lipinski definition) is 2. The van der Waals surface area contributed by atoms with Crippen LogP contribution in [0, 0.1) is 5.82 Å². The maximum absolute atomic E-state index is 13.0. The highest BCUT2D eigenvalue weighted by atomic mass is 19.1. The van der Waals surface area contributed by atoms with E-state index in [1.54, 1.807) is 24.3 Å². The first-order valence-corrected chi connectivity index (χ1v) is 6.54. The second-order valence-electron chi connectivity index (χ2n) is 4.79. The molecule has 1 heterocycles. The molecule has 1 aliphatic rings. The maximum Gasteiger partial charge on any atom is 0.123 e. The monoisotopic (exact) mass is 270 g/mol. The lowest BCUT2D eigenvalue weighted by molar-refractivity contribution is 0.446. The summed E-state index contributed by atoms with van der Waals surface area (Å²) in [6, 6.07) is 13.7. The molecule has 4 heteroatoms. The Balaban J connectivity index is 1.85. The Bertz CT molecular complexity index is 637. The summed E-state index contributed by atoms with van der Waals surface area (Å²) in [5.74, 6) is 0.0332. The van der Waals surface area contributed by atoms with E-state index in [-0.39, 0.29) is 17.6 Å². The van der Waals surface area contributed by atoms with Crippen LogP contribution in [0.4, 0.5) is 4.39 Å². The van der Waals surface area contributed by atoms with Gasteiger partial charge in [-0.1, -0.05) is 30.3 Å². The summed E-state index contributed by atoms with van der Waals surface area (Å²) < 4.78 is 13.0. The molecule has 2 aromatic carbocycles. The quantitative estimate of drug-likeness (QED) is 0.881. The van der Waals surface area contributed by atoms with Crippen molar-refractivity contribution in [1.82, 2.24) is 5.32 Å². The van der Waals surface area contributed by atoms with Gasteiger partial charge in [-0.05, 0) is 23.8 Å². The van der Waals surface area contributed by atoms with Gasteiger partial charge in [0, 0.05) is 23.7 Å².